The molecule has 1 aromatic heterocycles. The number of piperidine rings is 1. The van der Waals surface area contributed by atoms with Gasteiger partial charge in [-0.3, -0.25) is 0 Å². The van der Waals surface area contributed by atoms with E-state index < -0.39 is 38.8 Å². The quantitative estimate of drug-likeness (QED) is 0.806. The summed E-state index contributed by atoms with van der Waals surface area (Å²) in [6.07, 6.45) is 2.13. The predicted octanol–water partition coefficient (Wildman–Crippen LogP) is 2.87. The van der Waals surface area contributed by atoms with Crippen LogP contribution in [0, 0.1) is 11.6 Å². The van der Waals surface area contributed by atoms with Crippen LogP contribution in [0.5, 0.6) is 0 Å². The normalized spacial score (nSPS) is 24.7. The lowest BCUT2D eigenvalue weighted by atomic mass is 9.96. The minimum atomic E-state index is -4.18. The zero-order valence-corrected chi connectivity index (χ0v) is 14.5. The third-order valence-electron chi connectivity index (χ3n) is 4.70. The molecular weight excluding hydrogens is 371 g/mol. The number of halogens is 3. The van der Waals surface area contributed by atoms with Gasteiger partial charge in [0, 0.05) is 12.5 Å². The van der Waals surface area contributed by atoms with Crippen LogP contribution >= 0.6 is 0 Å². The van der Waals surface area contributed by atoms with Gasteiger partial charge in [-0.2, -0.15) is 9.29 Å². The third kappa shape index (κ3) is 3.01. The van der Waals surface area contributed by atoms with Gasteiger partial charge in [0.1, 0.15) is 0 Å². The van der Waals surface area contributed by atoms with Gasteiger partial charge in [0.05, 0.1) is 11.4 Å². The minimum Gasteiger partial charge on any atom is -0.336 e. The molecule has 10 heteroatoms. The summed E-state index contributed by atoms with van der Waals surface area (Å²) in [6, 6.07) is 2.28. The van der Waals surface area contributed by atoms with E-state index in [0.717, 1.165) is 29.3 Å². The van der Waals surface area contributed by atoms with E-state index in [0.29, 0.717) is 11.9 Å². The van der Waals surface area contributed by atoms with Crippen LogP contribution in [-0.2, 0) is 15.7 Å². The van der Waals surface area contributed by atoms with E-state index >= 15 is 4.39 Å². The summed E-state index contributed by atoms with van der Waals surface area (Å²) in [4.78, 5) is 3.67. The molecule has 1 aromatic carbocycles. The average Bonchev–Trinajstić information content (AvgIpc) is 3.33. The molecule has 0 N–H and O–H groups in total. The Labute approximate surface area is 148 Å². The highest BCUT2D eigenvalue weighted by molar-refractivity contribution is 7.89. The molecule has 26 heavy (non-hydrogen) atoms. The van der Waals surface area contributed by atoms with Crippen LogP contribution in [0.3, 0.4) is 0 Å². The molecule has 1 saturated carbocycles. The molecule has 1 aliphatic carbocycles. The number of alkyl halides is 1. The average molecular weight is 387 g/mol. The Bertz CT molecular complexity index is 945. The Hall–Kier alpha value is -1.94. The number of rotatable bonds is 4. The van der Waals surface area contributed by atoms with E-state index in [1.165, 1.54) is 0 Å². The molecule has 1 atom stereocenters. The number of benzene rings is 1. The van der Waals surface area contributed by atoms with Crippen molar-refractivity contribution >= 4 is 10.0 Å². The van der Waals surface area contributed by atoms with E-state index in [-0.39, 0.29) is 31.2 Å². The summed E-state index contributed by atoms with van der Waals surface area (Å²) in [5, 5.41) is 3.78. The molecule has 4 rings (SSSR count). The van der Waals surface area contributed by atoms with Crippen molar-refractivity contribution < 1.29 is 26.1 Å². The largest absolute Gasteiger partial charge is 0.336 e. The molecule has 0 spiro atoms. The second-order valence-corrected chi connectivity index (χ2v) is 8.65. The van der Waals surface area contributed by atoms with Gasteiger partial charge in [0.15, 0.2) is 17.5 Å². The Balaban J connectivity index is 1.61. The van der Waals surface area contributed by atoms with Crippen molar-refractivity contribution in [3.8, 4) is 0 Å². The first-order chi connectivity index (χ1) is 12.3. The Kier molecular flexibility index (Phi) is 4.07. The molecular formula is C16H16F3N3O3S. The Morgan fingerprint density at radius 2 is 2.00 bits per heavy atom. The highest BCUT2D eigenvalue weighted by Crippen LogP contribution is 2.41. The number of nitrogens with zero attached hydrogens (tertiary/aromatic N) is 3. The molecule has 6 nitrogen and oxygen atoms in total. The van der Waals surface area contributed by atoms with Crippen LogP contribution in [0.25, 0.3) is 0 Å². The molecule has 0 bridgehead atoms. The summed E-state index contributed by atoms with van der Waals surface area (Å²) in [5.41, 5.74) is -2.11. The van der Waals surface area contributed by atoms with Gasteiger partial charge in [-0.25, -0.2) is 21.6 Å². The smallest absolute Gasteiger partial charge is 0.265 e. The summed E-state index contributed by atoms with van der Waals surface area (Å²) in [7, 11) is -4.18. The second-order valence-electron chi connectivity index (χ2n) is 6.72. The van der Waals surface area contributed by atoms with Gasteiger partial charge in [-0.15, -0.1) is 0 Å². The highest BCUT2D eigenvalue weighted by atomic mass is 32.2. The molecule has 2 aliphatic rings. The fourth-order valence-electron chi connectivity index (χ4n) is 3.06. The summed E-state index contributed by atoms with van der Waals surface area (Å²) in [6.45, 7) is -0.447. The molecule has 1 aliphatic heterocycles. The van der Waals surface area contributed by atoms with Crippen molar-refractivity contribution in [3.05, 3.63) is 41.5 Å². The molecule has 0 radical (unpaired) electrons. The zero-order valence-electron chi connectivity index (χ0n) is 13.7. The highest BCUT2D eigenvalue weighted by Gasteiger charge is 2.46. The Morgan fingerprint density at radius 3 is 2.69 bits per heavy atom. The van der Waals surface area contributed by atoms with Crippen molar-refractivity contribution in [1.82, 2.24) is 14.4 Å². The van der Waals surface area contributed by atoms with Crippen LogP contribution in [0.4, 0.5) is 13.2 Å². The van der Waals surface area contributed by atoms with Gasteiger partial charge in [0.2, 0.25) is 15.7 Å². The van der Waals surface area contributed by atoms with Crippen LogP contribution in [0.2, 0.25) is 0 Å². The summed E-state index contributed by atoms with van der Waals surface area (Å²) < 4.78 is 73.2. The lowest BCUT2D eigenvalue weighted by Crippen LogP contribution is -2.46. The van der Waals surface area contributed by atoms with Gasteiger partial charge < -0.3 is 4.52 Å². The molecule has 1 saturated heterocycles. The van der Waals surface area contributed by atoms with Gasteiger partial charge in [-0.05, 0) is 43.9 Å². The number of sulfonamides is 1. The first kappa shape index (κ1) is 17.5. The van der Waals surface area contributed by atoms with Crippen molar-refractivity contribution in [1.29, 1.82) is 0 Å². The fourth-order valence-corrected chi connectivity index (χ4v) is 4.60. The minimum absolute atomic E-state index is 0.0447. The molecule has 0 amide bonds. The molecule has 1 unspecified atom stereocenters. The maximum atomic E-state index is 15.4. The lowest BCUT2D eigenvalue weighted by Gasteiger charge is -2.34. The van der Waals surface area contributed by atoms with Gasteiger partial charge >= 0.3 is 0 Å². The first-order valence-electron chi connectivity index (χ1n) is 8.28. The number of hydrogen-bond donors (Lipinski definition) is 0. The SMILES string of the molecule is O=S(=O)(c1ccc(F)c(F)c1)N1CCCC(F)(c2nc(C3CC3)no2)C1. The Morgan fingerprint density at radius 1 is 1.23 bits per heavy atom. The maximum Gasteiger partial charge on any atom is 0.265 e. The maximum absolute atomic E-state index is 15.4. The predicted molar refractivity (Wildman–Crippen MR) is 83.4 cm³/mol. The second kappa shape index (κ2) is 6.05. The van der Waals surface area contributed by atoms with Crippen LogP contribution in [0.1, 0.15) is 43.3 Å². The van der Waals surface area contributed by atoms with Gasteiger partial charge in [0.25, 0.3) is 5.89 Å². The fraction of sp³-hybridized carbons (Fsp3) is 0.500. The molecule has 2 fully saturated rings. The first-order valence-corrected chi connectivity index (χ1v) is 9.72. The monoisotopic (exact) mass is 387 g/mol. The topological polar surface area (TPSA) is 76.3 Å². The van der Waals surface area contributed by atoms with Crippen LogP contribution in [0.15, 0.2) is 27.6 Å². The van der Waals surface area contributed by atoms with E-state index in [1.54, 1.807) is 0 Å². The van der Waals surface area contributed by atoms with Crippen molar-refractivity contribution in [2.24, 2.45) is 0 Å². The molecule has 140 valence electrons. The van der Waals surface area contributed by atoms with E-state index in [9.17, 15) is 17.2 Å². The summed E-state index contributed by atoms with van der Waals surface area (Å²) >= 11 is 0. The van der Waals surface area contributed by atoms with Crippen LogP contribution < -0.4 is 0 Å². The van der Waals surface area contributed by atoms with E-state index in [4.69, 9.17) is 4.52 Å². The van der Waals surface area contributed by atoms with E-state index in [2.05, 4.69) is 10.1 Å². The van der Waals surface area contributed by atoms with E-state index in [1.807, 2.05) is 0 Å². The third-order valence-corrected chi connectivity index (χ3v) is 6.55. The van der Waals surface area contributed by atoms with Gasteiger partial charge in [-0.1, -0.05) is 5.16 Å². The molecule has 2 aromatic rings. The van der Waals surface area contributed by atoms with Crippen molar-refractivity contribution in [2.45, 2.75) is 42.2 Å². The zero-order chi connectivity index (χ0) is 18.5. The summed E-state index contributed by atoms with van der Waals surface area (Å²) in [5.74, 6) is -2.04. The van der Waals surface area contributed by atoms with Crippen LogP contribution in [-0.4, -0.2) is 36.0 Å². The molecule has 2 heterocycles. The lowest BCUT2D eigenvalue weighted by molar-refractivity contribution is 0.0470. The number of hydrogen-bond acceptors (Lipinski definition) is 5. The standard InChI is InChI=1S/C16H16F3N3O3S/c17-12-5-4-11(8-13(12)18)26(23,24)22-7-1-6-16(19,9-22)15-20-14(21-25-15)10-2-3-10/h4-5,8,10H,1-3,6-7,9H2. The number of aromatic nitrogens is 2. The van der Waals surface area contributed by atoms with Crippen molar-refractivity contribution in [3.63, 3.8) is 0 Å². The van der Waals surface area contributed by atoms with Crippen molar-refractivity contribution in [2.75, 3.05) is 13.1 Å².